The third kappa shape index (κ3) is 5.04. The van der Waals surface area contributed by atoms with Gasteiger partial charge in [0.05, 0.1) is 6.26 Å². The van der Waals surface area contributed by atoms with E-state index < -0.39 is 17.8 Å². The number of rotatable bonds is 8. The van der Waals surface area contributed by atoms with Crippen molar-refractivity contribution in [1.82, 2.24) is 25.5 Å². The van der Waals surface area contributed by atoms with Crippen molar-refractivity contribution in [3.05, 3.63) is 72.1 Å². The zero-order chi connectivity index (χ0) is 25.1. The van der Waals surface area contributed by atoms with Crippen molar-refractivity contribution in [1.29, 1.82) is 0 Å². The molecule has 4 aromatic rings. The van der Waals surface area contributed by atoms with Gasteiger partial charge in [-0.05, 0) is 73.5 Å². The second-order valence-electron chi connectivity index (χ2n) is 8.70. The number of carbonyl (C=O) groups excluding carboxylic acids is 2. The van der Waals surface area contributed by atoms with Gasteiger partial charge in [-0.25, -0.2) is 4.39 Å². The first-order chi connectivity index (χ1) is 17.5. The van der Waals surface area contributed by atoms with Crippen LogP contribution in [0.3, 0.4) is 0 Å². The summed E-state index contributed by atoms with van der Waals surface area (Å²) in [5.41, 5.74) is 0.325. The number of carbonyl (C=O) groups is 2. The molecular weight excluding hydrogens is 467 g/mol. The molecular formula is C25H25FN6O4. The molecule has 10 nitrogen and oxygen atoms in total. The Bertz CT molecular complexity index is 1320. The van der Waals surface area contributed by atoms with Crippen molar-refractivity contribution in [2.24, 2.45) is 0 Å². The first kappa shape index (κ1) is 23.5. The summed E-state index contributed by atoms with van der Waals surface area (Å²) in [5.74, 6) is 0.261. The fourth-order valence-electron chi connectivity index (χ4n) is 4.37. The smallest absolute Gasteiger partial charge is 0.251 e. The van der Waals surface area contributed by atoms with Gasteiger partial charge in [-0.1, -0.05) is 12.8 Å². The van der Waals surface area contributed by atoms with E-state index in [-0.39, 0.29) is 30.1 Å². The number of hydrogen-bond donors (Lipinski definition) is 1. The highest BCUT2D eigenvalue weighted by atomic mass is 19.1. The lowest BCUT2D eigenvalue weighted by atomic mass is 10.1. The Balaban J connectivity index is 1.47. The summed E-state index contributed by atoms with van der Waals surface area (Å²) in [6, 6.07) is 11.0. The summed E-state index contributed by atoms with van der Waals surface area (Å²) >= 11 is 0. The Hall–Kier alpha value is -4.28. The van der Waals surface area contributed by atoms with E-state index in [0.29, 0.717) is 17.2 Å². The maximum Gasteiger partial charge on any atom is 0.251 e. The van der Waals surface area contributed by atoms with Crippen LogP contribution in [-0.2, 0) is 16.1 Å². The molecule has 1 fully saturated rings. The summed E-state index contributed by atoms with van der Waals surface area (Å²) in [7, 11) is 0. The average molecular weight is 493 g/mol. The van der Waals surface area contributed by atoms with Crippen molar-refractivity contribution in [3.63, 3.8) is 0 Å². The number of nitrogens with one attached hydrogen (secondary N) is 1. The molecule has 0 saturated heterocycles. The van der Waals surface area contributed by atoms with Gasteiger partial charge in [-0.15, -0.1) is 10.2 Å². The van der Waals surface area contributed by atoms with Crippen molar-refractivity contribution in [2.75, 3.05) is 4.90 Å². The summed E-state index contributed by atoms with van der Waals surface area (Å²) in [5, 5.41) is 15.2. The molecule has 1 N–H and O–H groups in total. The predicted octanol–water partition coefficient (Wildman–Crippen LogP) is 3.81. The lowest BCUT2D eigenvalue weighted by Gasteiger charge is -2.30. The summed E-state index contributed by atoms with van der Waals surface area (Å²) in [6.07, 6.45) is 5.26. The quantitative estimate of drug-likeness (QED) is 0.397. The van der Waals surface area contributed by atoms with E-state index in [9.17, 15) is 14.0 Å². The molecule has 1 aromatic carbocycles. The first-order valence-corrected chi connectivity index (χ1v) is 11.7. The third-order valence-corrected chi connectivity index (χ3v) is 6.08. The van der Waals surface area contributed by atoms with Gasteiger partial charge in [0.1, 0.15) is 23.9 Å². The van der Waals surface area contributed by atoms with E-state index in [1.54, 1.807) is 31.2 Å². The van der Waals surface area contributed by atoms with Crippen LogP contribution in [0.25, 0.3) is 11.6 Å². The molecule has 1 aliphatic rings. The SMILES string of the molecule is Cc1ccc(-c2nnn(CC(=O)N(c3ccc(F)cc3)[C@H](C(=O)NC3CCCC3)c3ccco3)n2)o1. The van der Waals surface area contributed by atoms with Gasteiger partial charge < -0.3 is 14.2 Å². The average Bonchev–Trinajstić information content (AvgIpc) is 3.66. The van der Waals surface area contributed by atoms with Crippen LogP contribution in [0.15, 0.2) is 63.6 Å². The molecule has 1 aliphatic carbocycles. The highest BCUT2D eigenvalue weighted by Crippen LogP contribution is 2.30. The Labute approximate surface area is 206 Å². The minimum absolute atomic E-state index is 0.0245. The number of amides is 2. The third-order valence-electron chi connectivity index (χ3n) is 6.08. The number of aryl methyl sites for hydroxylation is 1. The first-order valence-electron chi connectivity index (χ1n) is 11.7. The molecule has 3 aromatic heterocycles. The van der Waals surface area contributed by atoms with Crippen LogP contribution < -0.4 is 10.2 Å². The van der Waals surface area contributed by atoms with Crippen LogP contribution in [-0.4, -0.2) is 38.1 Å². The lowest BCUT2D eigenvalue weighted by molar-refractivity contribution is -0.128. The zero-order valence-corrected chi connectivity index (χ0v) is 19.6. The fraction of sp³-hybridized carbons (Fsp3) is 0.320. The molecule has 1 atom stereocenters. The number of hydrogen-bond acceptors (Lipinski definition) is 7. The molecule has 2 amide bonds. The Morgan fingerprint density at radius 2 is 1.94 bits per heavy atom. The largest absolute Gasteiger partial charge is 0.467 e. The molecule has 0 radical (unpaired) electrons. The van der Waals surface area contributed by atoms with E-state index in [2.05, 4.69) is 20.7 Å². The van der Waals surface area contributed by atoms with Crippen LogP contribution in [0, 0.1) is 12.7 Å². The summed E-state index contributed by atoms with van der Waals surface area (Å²) in [6.45, 7) is 1.47. The molecule has 0 aliphatic heterocycles. The number of furan rings is 2. The maximum absolute atomic E-state index is 13.7. The monoisotopic (exact) mass is 492 g/mol. The van der Waals surface area contributed by atoms with Gasteiger partial charge >= 0.3 is 0 Å². The standard InChI is InChI=1S/C25H25FN6O4/c1-16-8-13-21(36-16)24-28-30-31(29-24)15-22(33)32(19-11-9-17(26)10-12-19)23(20-7-4-14-35-20)25(34)27-18-5-2-3-6-18/h4,7-14,18,23H,2-3,5-6,15H2,1H3,(H,27,34)/t23-/m0/s1. The van der Waals surface area contributed by atoms with Crippen LogP contribution in [0.5, 0.6) is 0 Å². The Morgan fingerprint density at radius 1 is 1.17 bits per heavy atom. The molecule has 1 saturated carbocycles. The van der Waals surface area contributed by atoms with E-state index in [4.69, 9.17) is 8.83 Å². The van der Waals surface area contributed by atoms with Gasteiger partial charge in [-0.2, -0.15) is 4.80 Å². The maximum atomic E-state index is 13.7. The number of anilines is 1. The number of benzene rings is 1. The minimum Gasteiger partial charge on any atom is -0.467 e. The Kier molecular flexibility index (Phi) is 6.61. The second-order valence-corrected chi connectivity index (χ2v) is 8.70. The summed E-state index contributed by atoms with van der Waals surface area (Å²) < 4.78 is 24.8. The van der Waals surface area contributed by atoms with E-state index in [1.165, 1.54) is 35.4 Å². The zero-order valence-electron chi connectivity index (χ0n) is 19.6. The van der Waals surface area contributed by atoms with Gasteiger partial charge in [0.15, 0.2) is 11.8 Å². The van der Waals surface area contributed by atoms with E-state index in [1.807, 2.05) is 0 Å². The summed E-state index contributed by atoms with van der Waals surface area (Å²) in [4.78, 5) is 29.6. The molecule has 5 rings (SSSR count). The molecule has 0 spiro atoms. The molecule has 11 heteroatoms. The lowest BCUT2D eigenvalue weighted by Crippen LogP contribution is -2.47. The minimum atomic E-state index is -1.12. The van der Waals surface area contributed by atoms with Crippen molar-refractivity contribution < 1.29 is 22.8 Å². The van der Waals surface area contributed by atoms with Crippen molar-refractivity contribution in [3.8, 4) is 11.6 Å². The van der Waals surface area contributed by atoms with E-state index in [0.717, 1.165) is 30.5 Å². The van der Waals surface area contributed by atoms with Crippen LogP contribution in [0.2, 0.25) is 0 Å². The number of tetrazole rings is 1. The fourth-order valence-corrected chi connectivity index (χ4v) is 4.37. The van der Waals surface area contributed by atoms with Gasteiger partial charge in [0, 0.05) is 11.7 Å². The number of nitrogens with zero attached hydrogens (tertiary/aromatic N) is 5. The Morgan fingerprint density at radius 3 is 2.61 bits per heavy atom. The van der Waals surface area contributed by atoms with E-state index >= 15 is 0 Å². The molecule has 36 heavy (non-hydrogen) atoms. The van der Waals surface area contributed by atoms with Gasteiger partial charge in [0.25, 0.3) is 11.8 Å². The number of halogens is 1. The molecule has 186 valence electrons. The number of aromatic nitrogens is 4. The predicted molar refractivity (Wildman–Crippen MR) is 126 cm³/mol. The van der Waals surface area contributed by atoms with Crippen molar-refractivity contribution in [2.45, 2.75) is 51.2 Å². The highest BCUT2D eigenvalue weighted by Gasteiger charge is 2.36. The van der Waals surface area contributed by atoms with Crippen LogP contribution in [0.1, 0.15) is 43.2 Å². The molecule has 3 heterocycles. The van der Waals surface area contributed by atoms with Crippen molar-refractivity contribution >= 4 is 17.5 Å². The highest BCUT2D eigenvalue weighted by molar-refractivity contribution is 6.01. The van der Waals surface area contributed by atoms with Crippen LogP contribution in [0.4, 0.5) is 10.1 Å². The molecule has 0 bridgehead atoms. The second kappa shape index (κ2) is 10.1. The van der Waals surface area contributed by atoms with Gasteiger partial charge in [-0.3, -0.25) is 14.5 Å². The molecule has 0 unspecified atom stereocenters. The van der Waals surface area contributed by atoms with Gasteiger partial charge in [0.2, 0.25) is 5.82 Å². The normalized spacial score (nSPS) is 14.6. The van der Waals surface area contributed by atoms with Crippen LogP contribution >= 0.6 is 0 Å². The topological polar surface area (TPSA) is 119 Å².